The highest BCUT2D eigenvalue weighted by molar-refractivity contribution is 5.69. The Bertz CT molecular complexity index is 277. The van der Waals surface area contributed by atoms with Crippen molar-refractivity contribution in [2.75, 3.05) is 6.54 Å². The Hall–Kier alpha value is -0.650. The van der Waals surface area contributed by atoms with Crippen LogP contribution < -0.4 is 17.2 Å². The topological polar surface area (TPSA) is 104 Å². The Morgan fingerprint density at radius 2 is 1.48 bits per heavy atom. The fourth-order valence-corrected chi connectivity index (χ4v) is 2.16. The molecular formula is C16H35N3O2. The fraction of sp³-hybridized carbons (Fsp3) is 0.938. The lowest BCUT2D eigenvalue weighted by Gasteiger charge is -2.22. The maximum Gasteiger partial charge on any atom is 0.306 e. The number of nitrogens with two attached hydrogens (primary N) is 3. The molecule has 0 rings (SSSR count). The lowest BCUT2D eigenvalue weighted by molar-refractivity contribution is -0.155. The summed E-state index contributed by atoms with van der Waals surface area (Å²) in [6.45, 7) is 6.36. The van der Waals surface area contributed by atoms with E-state index in [4.69, 9.17) is 21.9 Å². The molecule has 0 saturated carbocycles. The van der Waals surface area contributed by atoms with E-state index in [0.717, 1.165) is 25.8 Å². The van der Waals surface area contributed by atoms with E-state index in [1.54, 1.807) is 0 Å². The first kappa shape index (κ1) is 20.3. The predicted octanol–water partition coefficient (Wildman–Crippen LogP) is 2.06. The number of unbranched alkanes of at least 4 members (excludes halogenated alkanes) is 4. The van der Waals surface area contributed by atoms with E-state index in [-0.39, 0.29) is 18.1 Å². The maximum atomic E-state index is 11.6. The molecule has 0 heterocycles. The van der Waals surface area contributed by atoms with Gasteiger partial charge in [-0.05, 0) is 46.6 Å². The molecular weight excluding hydrogens is 266 g/mol. The van der Waals surface area contributed by atoms with Gasteiger partial charge in [-0.3, -0.25) is 4.79 Å². The number of carbonyl (C=O) groups excluding carboxylic acids is 1. The smallest absolute Gasteiger partial charge is 0.306 e. The van der Waals surface area contributed by atoms with Gasteiger partial charge in [-0.2, -0.15) is 0 Å². The molecule has 0 fully saturated rings. The molecule has 0 bridgehead atoms. The summed E-state index contributed by atoms with van der Waals surface area (Å²) >= 11 is 0. The molecule has 0 radical (unpaired) electrons. The Kier molecular flexibility index (Phi) is 10.6. The summed E-state index contributed by atoms with van der Waals surface area (Å²) in [5, 5.41) is 0. The highest BCUT2D eigenvalue weighted by Crippen LogP contribution is 2.12. The summed E-state index contributed by atoms with van der Waals surface area (Å²) < 4.78 is 5.26. The van der Waals surface area contributed by atoms with Crippen molar-refractivity contribution in [1.82, 2.24) is 0 Å². The predicted molar refractivity (Wildman–Crippen MR) is 87.8 cm³/mol. The fourth-order valence-electron chi connectivity index (χ4n) is 2.16. The second-order valence-corrected chi connectivity index (χ2v) is 6.80. The molecule has 6 N–H and O–H groups in total. The Balaban J connectivity index is 3.70. The molecule has 0 aromatic heterocycles. The average Bonchev–Trinajstić information content (AvgIpc) is 2.37. The van der Waals surface area contributed by atoms with Crippen LogP contribution in [-0.2, 0) is 9.53 Å². The van der Waals surface area contributed by atoms with Crippen LogP contribution in [0.4, 0.5) is 0 Å². The molecule has 21 heavy (non-hydrogen) atoms. The first-order valence-electron chi connectivity index (χ1n) is 8.19. The molecule has 0 aromatic rings. The first-order valence-corrected chi connectivity index (χ1v) is 8.19. The van der Waals surface area contributed by atoms with E-state index in [2.05, 4.69) is 0 Å². The van der Waals surface area contributed by atoms with Crippen LogP contribution in [-0.4, -0.2) is 30.2 Å². The van der Waals surface area contributed by atoms with Crippen molar-refractivity contribution in [2.45, 2.75) is 89.8 Å². The lowest BCUT2D eigenvalue weighted by atomic mass is 9.98. The summed E-state index contributed by atoms with van der Waals surface area (Å²) in [5.41, 5.74) is 17.1. The minimum Gasteiger partial charge on any atom is -0.460 e. The molecule has 0 aromatic carbocycles. The van der Waals surface area contributed by atoms with Crippen molar-refractivity contribution < 1.29 is 9.53 Å². The molecule has 2 unspecified atom stereocenters. The number of carbonyl (C=O) groups is 1. The molecule has 0 aliphatic heterocycles. The molecule has 0 spiro atoms. The number of hydrogen-bond donors (Lipinski definition) is 3. The van der Waals surface area contributed by atoms with Gasteiger partial charge >= 0.3 is 5.97 Å². The molecule has 0 saturated heterocycles. The SMILES string of the molecule is CC(C)(C)OC(=O)CCC(N)C(N)CCCCCCCN. The van der Waals surface area contributed by atoms with Gasteiger partial charge in [0.25, 0.3) is 0 Å². The number of ether oxygens (including phenoxy) is 1. The Morgan fingerprint density at radius 1 is 0.952 bits per heavy atom. The number of rotatable bonds is 11. The summed E-state index contributed by atoms with van der Waals surface area (Å²) in [6.07, 6.45) is 7.59. The van der Waals surface area contributed by atoms with Crippen LogP contribution in [0, 0.1) is 0 Å². The summed E-state index contributed by atoms with van der Waals surface area (Å²) in [6, 6.07) is -0.177. The first-order chi connectivity index (χ1) is 9.76. The molecule has 0 aliphatic carbocycles. The minimum atomic E-state index is -0.438. The van der Waals surface area contributed by atoms with Crippen LogP contribution in [0.25, 0.3) is 0 Å². The zero-order valence-electron chi connectivity index (χ0n) is 14.1. The minimum absolute atomic E-state index is 0.0399. The van der Waals surface area contributed by atoms with E-state index in [9.17, 15) is 4.79 Å². The van der Waals surface area contributed by atoms with Gasteiger partial charge < -0.3 is 21.9 Å². The third-order valence-electron chi connectivity index (χ3n) is 3.39. The van der Waals surface area contributed by atoms with E-state index < -0.39 is 5.60 Å². The van der Waals surface area contributed by atoms with Crippen LogP contribution in [0.15, 0.2) is 0 Å². The summed E-state index contributed by atoms with van der Waals surface area (Å²) in [4.78, 5) is 11.6. The second-order valence-electron chi connectivity index (χ2n) is 6.80. The van der Waals surface area contributed by atoms with Crippen LogP contribution in [0.5, 0.6) is 0 Å². The number of hydrogen-bond acceptors (Lipinski definition) is 5. The van der Waals surface area contributed by atoms with Gasteiger partial charge in [0.05, 0.1) is 0 Å². The van der Waals surface area contributed by atoms with Gasteiger partial charge in [-0.25, -0.2) is 0 Å². The lowest BCUT2D eigenvalue weighted by Crippen LogP contribution is -2.41. The Morgan fingerprint density at radius 3 is 2.05 bits per heavy atom. The highest BCUT2D eigenvalue weighted by Gasteiger charge is 2.19. The molecule has 0 aliphatic rings. The largest absolute Gasteiger partial charge is 0.460 e. The maximum absolute atomic E-state index is 11.6. The zero-order chi connectivity index (χ0) is 16.3. The van der Waals surface area contributed by atoms with Crippen LogP contribution in [0.1, 0.15) is 72.1 Å². The highest BCUT2D eigenvalue weighted by atomic mass is 16.6. The van der Waals surface area contributed by atoms with Crippen molar-refractivity contribution >= 4 is 5.97 Å². The Labute approximate surface area is 130 Å². The van der Waals surface area contributed by atoms with Crippen molar-refractivity contribution in [1.29, 1.82) is 0 Å². The molecule has 5 nitrogen and oxygen atoms in total. The van der Waals surface area contributed by atoms with Crippen molar-refractivity contribution in [3.05, 3.63) is 0 Å². The normalized spacial score (nSPS) is 14.8. The van der Waals surface area contributed by atoms with Gasteiger partial charge in [0.15, 0.2) is 0 Å². The van der Waals surface area contributed by atoms with Crippen LogP contribution in [0.3, 0.4) is 0 Å². The van der Waals surface area contributed by atoms with Crippen molar-refractivity contribution in [3.63, 3.8) is 0 Å². The second kappa shape index (κ2) is 11.0. The van der Waals surface area contributed by atoms with Gasteiger partial charge in [-0.15, -0.1) is 0 Å². The standard InChI is InChI=1S/C16H35N3O2/c1-16(2,3)21-15(20)11-10-14(19)13(18)9-7-5-4-6-8-12-17/h13-14H,4-12,17-19H2,1-3H3. The van der Waals surface area contributed by atoms with E-state index in [1.807, 2.05) is 20.8 Å². The van der Waals surface area contributed by atoms with Crippen molar-refractivity contribution in [2.24, 2.45) is 17.2 Å². The molecule has 0 amide bonds. The third kappa shape index (κ3) is 12.8. The van der Waals surface area contributed by atoms with Crippen LogP contribution in [0.2, 0.25) is 0 Å². The van der Waals surface area contributed by atoms with E-state index in [0.29, 0.717) is 12.8 Å². The van der Waals surface area contributed by atoms with Gasteiger partial charge in [0.2, 0.25) is 0 Å². The van der Waals surface area contributed by atoms with Gasteiger partial charge in [-0.1, -0.05) is 25.7 Å². The van der Waals surface area contributed by atoms with E-state index >= 15 is 0 Å². The monoisotopic (exact) mass is 301 g/mol. The number of esters is 1. The van der Waals surface area contributed by atoms with Crippen LogP contribution >= 0.6 is 0 Å². The zero-order valence-corrected chi connectivity index (χ0v) is 14.1. The van der Waals surface area contributed by atoms with Gasteiger partial charge in [0.1, 0.15) is 5.60 Å². The average molecular weight is 301 g/mol. The van der Waals surface area contributed by atoms with Crippen molar-refractivity contribution in [3.8, 4) is 0 Å². The van der Waals surface area contributed by atoms with Gasteiger partial charge in [0, 0.05) is 18.5 Å². The molecule has 5 heteroatoms. The summed E-state index contributed by atoms with van der Waals surface area (Å²) in [7, 11) is 0. The molecule has 126 valence electrons. The van der Waals surface area contributed by atoms with E-state index in [1.165, 1.54) is 19.3 Å². The third-order valence-corrected chi connectivity index (χ3v) is 3.39. The summed E-state index contributed by atoms with van der Waals surface area (Å²) in [5.74, 6) is -0.202. The molecule has 2 atom stereocenters. The quantitative estimate of drug-likeness (QED) is 0.400.